The van der Waals surface area contributed by atoms with Crippen molar-refractivity contribution in [3.05, 3.63) is 59.7 Å². The Morgan fingerprint density at radius 1 is 1.00 bits per heavy atom. The van der Waals surface area contributed by atoms with Gasteiger partial charge in [0.05, 0.1) is 4.90 Å². The summed E-state index contributed by atoms with van der Waals surface area (Å²) in [4.78, 5) is 2.91. The quantitative estimate of drug-likeness (QED) is 0.837. The number of phenolic OH excluding ortho intramolecular Hbond substituents is 1. The first-order chi connectivity index (χ1) is 12.4. The fraction of sp³-hybridized carbons (Fsp3) is 0.429. The fourth-order valence-electron chi connectivity index (χ4n) is 3.67. The molecule has 0 amide bonds. The normalized spacial score (nSPS) is 18.7. The van der Waals surface area contributed by atoms with E-state index in [1.54, 1.807) is 24.3 Å². The van der Waals surface area contributed by atoms with E-state index in [9.17, 15) is 13.5 Å². The second kappa shape index (κ2) is 8.23. The van der Waals surface area contributed by atoms with E-state index in [1.807, 2.05) is 24.3 Å². The Morgan fingerprint density at radius 2 is 1.65 bits per heavy atom. The summed E-state index contributed by atoms with van der Waals surface area (Å²) in [7, 11) is -3.14. The van der Waals surface area contributed by atoms with Crippen molar-refractivity contribution in [1.82, 2.24) is 4.90 Å². The van der Waals surface area contributed by atoms with Gasteiger partial charge in [-0.1, -0.05) is 30.7 Å². The molecule has 0 aromatic heterocycles. The van der Waals surface area contributed by atoms with Crippen LogP contribution >= 0.6 is 0 Å². The van der Waals surface area contributed by atoms with Gasteiger partial charge in [0.2, 0.25) is 0 Å². The lowest BCUT2D eigenvalue weighted by molar-refractivity contribution is 0.132. The third-order valence-corrected chi connectivity index (χ3v) is 6.32. The number of sulfone groups is 1. The van der Waals surface area contributed by atoms with E-state index >= 15 is 0 Å². The number of hydrogen-bond donors (Lipinski definition) is 1. The van der Waals surface area contributed by atoms with E-state index in [0.29, 0.717) is 16.7 Å². The molecule has 1 fully saturated rings. The van der Waals surface area contributed by atoms with Crippen LogP contribution in [0.3, 0.4) is 0 Å². The van der Waals surface area contributed by atoms with Crippen molar-refractivity contribution >= 4 is 9.84 Å². The van der Waals surface area contributed by atoms with Gasteiger partial charge in [-0.2, -0.15) is 0 Å². The Labute approximate surface area is 156 Å². The summed E-state index contributed by atoms with van der Waals surface area (Å²) in [6.07, 6.45) is 7.05. The third-order valence-electron chi connectivity index (χ3n) is 5.19. The lowest BCUT2D eigenvalue weighted by Crippen LogP contribution is -2.39. The van der Waals surface area contributed by atoms with Gasteiger partial charge in [-0.15, -0.1) is 0 Å². The standard InChI is InChI=1S/C21H27NO3S/c1-26(24,25)21-13-8-18(9-14-21)16-22-15-3-2-4-19(22)10-5-17-6-11-20(23)12-7-17/h6-9,11-14,19,23H,2-5,10,15-16H2,1H3/t19-/m1/s1. The van der Waals surface area contributed by atoms with Crippen LogP contribution in [0.1, 0.15) is 36.8 Å². The Balaban J connectivity index is 1.62. The second-order valence-corrected chi connectivity index (χ2v) is 9.26. The summed E-state index contributed by atoms with van der Waals surface area (Å²) in [5.41, 5.74) is 2.42. The summed E-state index contributed by atoms with van der Waals surface area (Å²) >= 11 is 0. The summed E-state index contributed by atoms with van der Waals surface area (Å²) in [5, 5.41) is 9.40. The monoisotopic (exact) mass is 373 g/mol. The number of aromatic hydroxyl groups is 1. The van der Waals surface area contributed by atoms with Crippen LogP contribution in [0.5, 0.6) is 5.75 Å². The first-order valence-electron chi connectivity index (χ1n) is 9.23. The molecule has 26 heavy (non-hydrogen) atoms. The Kier molecular flexibility index (Phi) is 5.99. The molecule has 2 aromatic carbocycles. The molecule has 1 aliphatic heterocycles. The van der Waals surface area contributed by atoms with Gasteiger partial charge in [-0.05, 0) is 67.6 Å². The van der Waals surface area contributed by atoms with Gasteiger partial charge in [-0.3, -0.25) is 4.90 Å². The number of likely N-dealkylation sites (tertiary alicyclic amines) is 1. The van der Waals surface area contributed by atoms with Crippen LogP contribution in [0.15, 0.2) is 53.4 Å². The van der Waals surface area contributed by atoms with Crippen molar-refractivity contribution < 1.29 is 13.5 Å². The van der Waals surface area contributed by atoms with E-state index < -0.39 is 9.84 Å². The number of nitrogens with zero attached hydrogens (tertiary/aromatic N) is 1. The molecule has 0 unspecified atom stereocenters. The minimum absolute atomic E-state index is 0.311. The van der Waals surface area contributed by atoms with Gasteiger partial charge in [-0.25, -0.2) is 8.42 Å². The van der Waals surface area contributed by atoms with Crippen molar-refractivity contribution in [2.45, 2.75) is 49.6 Å². The van der Waals surface area contributed by atoms with E-state index in [0.717, 1.165) is 31.5 Å². The van der Waals surface area contributed by atoms with Crippen LogP contribution in [0.25, 0.3) is 0 Å². The Bertz CT molecular complexity index is 813. The molecule has 1 N–H and O–H groups in total. The maximum absolute atomic E-state index is 11.6. The van der Waals surface area contributed by atoms with Gasteiger partial charge in [0, 0.05) is 18.8 Å². The third kappa shape index (κ3) is 5.08. The predicted molar refractivity (Wildman–Crippen MR) is 104 cm³/mol. The summed E-state index contributed by atoms with van der Waals surface area (Å²) < 4.78 is 23.2. The molecule has 0 radical (unpaired) electrons. The number of benzene rings is 2. The average molecular weight is 374 g/mol. The molecular weight excluding hydrogens is 346 g/mol. The van der Waals surface area contributed by atoms with E-state index in [4.69, 9.17) is 0 Å². The van der Waals surface area contributed by atoms with Gasteiger partial charge in [0.25, 0.3) is 0 Å². The van der Waals surface area contributed by atoms with Gasteiger partial charge in [0.15, 0.2) is 9.84 Å². The molecule has 1 saturated heterocycles. The molecular formula is C21H27NO3S. The predicted octanol–water partition coefficient (Wildman–Crippen LogP) is 3.78. The zero-order valence-electron chi connectivity index (χ0n) is 15.3. The van der Waals surface area contributed by atoms with Gasteiger partial charge >= 0.3 is 0 Å². The van der Waals surface area contributed by atoms with Gasteiger partial charge < -0.3 is 5.11 Å². The molecule has 1 atom stereocenters. The van der Waals surface area contributed by atoms with E-state index in [2.05, 4.69) is 4.90 Å². The number of rotatable bonds is 6. The maximum Gasteiger partial charge on any atom is 0.175 e. The summed E-state index contributed by atoms with van der Waals surface area (Å²) in [5.74, 6) is 0.311. The topological polar surface area (TPSA) is 57.6 Å². The van der Waals surface area contributed by atoms with Crippen LogP contribution in [0, 0.1) is 0 Å². The zero-order chi connectivity index (χ0) is 18.6. The second-order valence-electron chi connectivity index (χ2n) is 7.24. The highest BCUT2D eigenvalue weighted by atomic mass is 32.2. The molecule has 1 heterocycles. The minimum atomic E-state index is -3.14. The highest BCUT2D eigenvalue weighted by molar-refractivity contribution is 7.90. The summed E-state index contributed by atoms with van der Waals surface area (Å²) in [6.45, 7) is 1.96. The van der Waals surface area contributed by atoms with Crippen molar-refractivity contribution in [3.8, 4) is 5.75 Å². The smallest absolute Gasteiger partial charge is 0.175 e. The summed E-state index contributed by atoms with van der Waals surface area (Å²) in [6, 6.07) is 15.3. The molecule has 2 aromatic rings. The Morgan fingerprint density at radius 3 is 2.31 bits per heavy atom. The first kappa shape index (κ1) is 18.9. The van der Waals surface area contributed by atoms with Crippen LogP contribution in [-0.2, 0) is 22.8 Å². The number of phenols is 1. The molecule has 5 heteroatoms. The van der Waals surface area contributed by atoms with E-state index in [-0.39, 0.29) is 0 Å². The van der Waals surface area contributed by atoms with Crippen LogP contribution in [0.4, 0.5) is 0 Å². The molecule has 0 aliphatic carbocycles. The molecule has 0 saturated carbocycles. The van der Waals surface area contributed by atoms with Crippen molar-refractivity contribution in [1.29, 1.82) is 0 Å². The zero-order valence-corrected chi connectivity index (χ0v) is 16.1. The first-order valence-corrected chi connectivity index (χ1v) is 11.1. The molecule has 1 aliphatic rings. The van der Waals surface area contributed by atoms with Crippen molar-refractivity contribution in [3.63, 3.8) is 0 Å². The maximum atomic E-state index is 11.6. The molecule has 0 bridgehead atoms. The lowest BCUT2D eigenvalue weighted by atomic mass is 9.95. The molecule has 4 nitrogen and oxygen atoms in total. The lowest BCUT2D eigenvalue weighted by Gasteiger charge is -2.36. The molecule has 3 rings (SSSR count). The van der Waals surface area contributed by atoms with Crippen molar-refractivity contribution in [2.75, 3.05) is 12.8 Å². The number of aryl methyl sites for hydroxylation is 1. The average Bonchev–Trinajstić information content (AvgIpc) is 2.62. The fourth-order valence-corrected chi connectivity index (χ4v) is 4.30. The van der Waals surface area contributed by atoms with Crippen molar-refractivity contribution in [2.24, 2.45) is 0 Å². The SMILES string of the molecule is CS(=O)(=O)c1ccc(CN2CCCC[C@@H]2CCc2ccc(O)cc2)cc1. The van der Waals surface area contributed by atoms with Gasteiger partial charge in [0.1, 0.15) is 5.75 Å². The highest BCUT2D eigenvalue weighted by Crippen LogP contribution is 2.24. The molecule has 140 valence electrons. The largest absolute Gasteiger partial charge is 0.508 e. The highest BCUT2D eigenvalue weighted by Gasteiger charge is 2.22. The molecule has 0 spiro atoms. The number of hydrogen-bond acceptors (Lipinski definition) is 4. The number of piperidine rings is 1. The van der Waals surface area contributed by atoms with Crippen LogP contribution in [0.2, 0.25) is 0 Å². The van der Waals surface area contributed by atoms with Crippen LogP contribution in [-0.4, -0.2) is 37.3 Å². The van der Waals surface area contributed by atoms with E-state index in [1.165, 1.54) is 31.1 Å². The Hall–Kier alpha value is -1.85. The minimum Gasteiger partial charge on any atom is -0.508 e. The van der Waals surface area contributed by atoms with Crippen LogP contribution < -0.4 is 0 Å².